The van der Waals surface area contributed by atoms with Crippen LogP contribution in [0.5, 0.6) is 0 Å². The number of amides is 1. The molecule has 1 aliphatic carbocycles. The van der Waals surface area contributed by atoms with Gasteiger partial charge in [0.05, 0.1) is 0 Å². The summed E-state index contributed by atoms with van der Waals surface area (Å²) in [4.78, 5) is 13.8. The van der Waals surface area contributed by atoms with Crippen LogP contribution in [0.4, 0.5) is 0 Å². The zero-order valence-electron chi connectivity index (χ0n) is 8.96. The fraction of sp³-hybridized carbons (Fsp3) is 0.909. The third-order valence-corrected chi connectivity index (χ3v) is 3.37. The molecule has 0 aromatic carbocycles. The van der Waals surface area contributed by atoms with Gasteiger partial charge in [-0.15, -0.1) is 0 Å². The lowest BCUT2D eigenvalue weighted by molar-refractivity contribution is -0.132. The summed E-state index contributed by atoms with van der Waals surface area (Å²) in [6.07, 6.45) is 5.68. The number of nitrogens with zero attached hydrogens (tertiary/aromatic N) is 1. The van der Waals surface area contributed by atoms with Gasteiger partial charge in [-0.25, -0.2) is 0 Å². The second-order valence-corrected chi connectivity index (χ2v) is 4.65. The summed E-state index contributed by atoms with van der Waals surface area (Å²) in [5.41, 5.74) is 0. The Bertz CT molecular complexity index is 207. The molecule has 2 rings (SSSR count). The number of likely N-dealkylation sites (N-methyl/N-ethyl adjacent to an activating group) is 1. The SMILES string of the molecule is CN(C(=O)CC1CC1)C1CCCNC1. The fourth-order valence-electron chi connectivity index (χ4n) is 2.08. The van der Waals surface area contributed by atoms with Crippen molar-refractivity contribution in [2.24, 2.45) is 5.92 Å². The van der Waals surface area contributed by atoms with Crippen LogP contribution in [0.2, 0.25) is 0 Å². The van der Waals surface area contributed by atoms with Crippen molar-refractivity contribution < 1.29 is 4.79 Å². The molecular formula is C11H20N2O. The van der Waals surface area contributed by atoms with Gasteiger partial charge < -0.3 is 10.2 Å². The van der Waals surface area contributed by atoms with Crippen LogP contribution >= 0.6 is 0 Å². The van der Waals surface area contributed by atoms with E-state index in [4.69, 9.17) is 0 Å². The molecule has 3 heteroatoms. The third kappa shape index (κ3) is 2.47. The molecule has 1 N–H and O–H groups in total. The van der Waals surface area contributed by atoms with Gasteiger partial charge in [-0.1, -0.05) is 0 Å². The van der Waals surface area contributed by atoms with Crippen LogP contribution in [-0.2, 0) is 4.79 Å². The van der Waals surface area contributed by atoms with Crippen LogP contribution in [0.1, 0.15) is 32.1 Å². The first kappa shape index (κ1) is 9.97. The Morgan fingerprint density at radius 2 is 2.21 bits per heavy atom. The molecular weight excluding hydrogens is 176 g/mol. The number of piperidine rings is 1. The number of carbonyl (C=O) groups excluding carboxylic acids is 1. The Balaban J connectivity index is 1.78. The van der Waals surface area contributed by atoms with Crippen LogP contribution in [0.3, 0.4) is 0 Å². The normalized spacial score (nSPS) is 27.4. The minimum atomic E-state index is 0.348. The highest BCUT2D eigenvalue weighted by Crippen LogP contribution is 2.33. The molecule has 1 heterocycles. The molecule has 1 saturated carbocycles. The smallest absolute Gasteiger partial charge is 0.222 e. The summed E-state index contributed by atoms with van der Waals surface area (Å²) in [5.74, 6) is 1.06. The first-order valence-electron chi connectivity index (χ1n) is 5.74. The zero-order valence-corrected chi connectivity index (χ0v) is 8.96. The lowest BCUT2D eigenvalue weighted by Gasteiger charge is -2.31. The van der Waals surface area contributed by atoms with Crippen LogP contribution in [0.15, 0.2) is 0 Å². The van der Waals surface area contributed by atoms with Crippen molar-refractivity contribution in [1.29, 1.82) is 0 Å². The maximum atomic E-state index is 11.8. The van der Waals surface area contributed by atoms with Crippen molar-refractivity contribution in [2.75, 3.05) is 20.1 Å². The molecule has 1 unspecified atom stereocenters. The third-order valence-electron chi connectivity index (χ3n) is 3.37. The molecule has 0 bridgehead atoms. The van der Waals surface area contributed by atoms with E-state index in [-0.39, 0.29) is 0 Å². The van der Waals surface area contributed by atoms with Crippen LogP contribution in [-0.4, -0.2) is 37.0 Å². The number of rotatable bonds is 3. The van der Waals surface area contributed by atoms with E-state index in [9.17, 15) is 4.79 Å². The first-order chi connectivity index (χ1) is 6.77. The molecule has 80 valence electrons. The van der Waals surface area contributed by atoms with E-state index in [0.29, 0.717) is 17.9 Å². The highest BCUT2D eigenvalue weighted by Gasteiger charge is 2.28. The summed E-state index contributed by atoms with van der Waals surface area (Å²) in [6.45, 7) is 2.09. The van der Waals surface area contributed by atoms with Crippen LogP contribution < -0.4 is 5.32 Å². The molecule has 2 fully saturated rings. The average Bonchev–Trinajstić information content (AvgIpc) is 3.02. The lowest BCUT2D eigenvalue weighted by atomic mass is 10.1. The standard InChI is InChI=1S/C11H20N2O/c1-13(10-3-2-6-12-8-10)11(14)7-9-4-5-9/h9-10,12H,2-8H2,1H3. The Labute approximate surface area is 85.8 Å². The number of carbonyl (C=O) groups is 1. The Morgan fingerprint density at radius 3 is 2.79 bits per heavy atom. The van der Waals surface area contributed by atoms with E-state index in [1.165, 1.54) is 25.7 Å². The molecule has 3 nitrogen and oxygen atoms in total. The quantitative estimate of drug-likeness (QED) is 0.730. The second-order valence-electron chi connectivity index (χ2n) is 4.65. The Morgan fingerprint density at radius 1 is 1.43 bits per heavy atom. The maximum Gasteiger partial charge on any atom is 0.222 e. The van der Waals surface area contributed by atoms with Gasteiger partial charge in [-0.3, -0.25) is 4.79 Å². The van der Waals surface area contributed by atoms with Gasteiger partial charge in [-0.2, -0.15) is 0 Å². The molecule has 0 spiro atoms. The summed E-state index contributed by atoms with van der Waals surface area (Å²) >= 11 is 0. The van der Waals surface area contributed by atoms with E-state index in [1.807, 2.05) is 11.9 Å². The highest BCUT2D eigenvalue weighted by atomic mass is 16.2. The number of hydrogen-bond donors (Lipinski definition) is 1. The maximum absolute atomic E-state index is 11.8. The first-order valence-corrected chi connectivity index (χ1v) is 5.74. The van der Waals surface area contributed by atoms with E-state index in [0.717, 1.165) is 19.5 Å². The van der Waals surface area contributed by atoms with Crippen LogP contribution in [0, 0.1) is 5.92 Å². The predicted octanol–water partition coefficient (Wildman–Crippen LogP) is 0.997. The van der Waals surface area contributed by atoms with Crippen LogP contribution in [0.25, 0.3) is 0 Å². The minimum absolute atomic E-state index is 0.348. The van der Waals surface area contributed by atoms with E-state index >= 15 is 0 Å². The van der Waals surface area contributed by atoms with Crippen molar-refractivity contribution in [2.45, 2.75) is 38.1 Å². The minimum Gasteiger partial charge on any atom is -0.341 e. The van der Waals surface area contributed by atoms with Gasteiger partial charge in [0.2, 0.25) is 5.91 Å². The van der Waals surface area contributed by atoms with Gasteiger partial charge in [0.25, 0.3) is 0 Å². The summed E-state index contributed by atoms with van der Waals surface area (Å²) in [7, 11) is 1.96. The van der Waals surface area contributed by atoms with Crippen molar-refractivity contribution in [3.63, 3.8) is 0 Å². The molecule has 1 aliphatic heterocycles. The van der Waals surface area contributed by atoms with Gasteiger partial charge in [0.1, 0.15) is 0 Å². The number of hydrogen-bond acceptors (Lipinski definition) is 2. The zero-order chi connectivity index (χ0) is 9.97. The van der Waals surface area contributed by atoms with Gasteiger partial charge in [0.15, 0.2) is 0 Å². The molecule has 0 aromatic rings. The molecule has 1 amide bonds. The largest absolute Gasteiger partial charge is 0.341 e. The topological polar surface area (TPSA) is 32.3 Å². The van der Waals surface area contributed by atoms with Crippen molar-refractivity contribution in [3.8, 4) is 0 Å². The van der Waals surface area contributed by atoms with Gasteiger partial charge in [-0.05, 0) is 38.1 Å². The van der Waals surface area contributed by atoms with E-state index in [2.05, 4.69) is 5.32 Å². The molecule has 1 saturated heterocycles. The molecule has 14 heavy (non-hydrogen) atoms. The molecule has 0 radical (unpaired) electrons. The lowest BCUT2D eigenvalue weighted by Crippen LogP contribution is -2.46. The fourth-order valence-corrected chi connectivity index (χ4v) is 2.08. The molecule has 2 aliphatic rings. The monoisotopic (exact) mass is 196 g/mol. The summed E-state index contributed by atoms with van der Waals surface area (Å²) in [5, 5.41) is 3.35. The highest BCUT2D eigenvalue weighted by molar-refractivity contribution is 5.76. The van der Waals surface area contributed by atoms with E-state index in [1.54, 1.807) is 0 Å². The molecule has 1 atom stereocenters. The second kappa shape index (κ2) is 4.30. The van der Waals surface area contributed by atoms with Gasteiger partial charge in [0, 0.05) is 26.1 Å². The number of nitrogens with one attached hydrogen (secondary N) is 1. The van der Waals surface area contributed by atoms with Crippen molar-refractivity contribution >= 4 is 5.91 Å². The van der Waals surface area contributed by atoms with Crippen molar-refractivity contribution in [3.05, 3.63) is 0 Å². The van der Waals surface area contributed by atoms with E-state index < -0.39 is 0 Å². The summed E-state index contributed by atoms with van der Waals surface area (Å²) in [6, 6.07) is 0.440. The Kier molecular flexibility index (Phi) is 3.06. The van der Waals surface area contributed by atoms with Gasteiger partial charge >= 0.3 is 0 Å². The predicted molar refractivity (Wildman–Crippen MR) is 56.0 cm³/mol. The average molecular weight is 196 g/mol. The van der Waals surface area contributed by atoms with Crippen molar-refractivity contribution in [1.82, 2.24) is 10.2 Å². The Hall–Kier alpha value is -0.570. The molecule has 0 aromatic heterocycles. The summed E-state index contributed by atoms with van der Waals surface area (Å²) < 4.78 is 0.